The van der Waals surface area contributed by atoms with E-state index in [1.54, 1.807) is 13.2 Å². The maximum absolute atomic E-state index is 11.7. The van der Waals surface area contributed by atoms with Crippen LogP contribution in [-0.2, 0) is 4.79 Å². The van der Waals surface area contributed by atoms with Crippen molar-refractivity contribution in [1.29, 1.82) is 0 Å². The summed E-state index contributed by atoms with van der Waals surface area (Å²) in [5.74, 6) is 1.18. The van der Waals surface area contributed by atoms with Gasteiger partial charge in [-0.05, 0) is 18.1 Å². The fourth-order valence-corrected chi connectivity index (χ4v) is 1.91. The molecule has 0 aliphatic carbocycles. The molecule has 0 saturated heterocycles. The van der Waals surface area contributed by atoms with Gasteiger partial charge in [-0.1, -0.05) is 26.1 Å². The predicted octanol–water partition coefficient (Wildman–Crippen LogP) is 1.90. The summed E-state index contributed by atoms with van der Waals surface area (Å²) in [5.41, 5.74) is 7.21. The summed E-state index contributed by atoms with van der Waals surface area (Å²) >= 11 is 5.02. The first-order chi connectivity index (χ1) is 9.93. The summed E-state index contributed by atoms with van der Waals surface area (Å²) in [6.07, 6.45) is 0.390. The van der Waals surface area contributed by atoms with Gasteiger partial charge < -0.3 is 21.1 Å². The number of methoxy groups -OCH3 is 1. The van der Waals surface area contributed by atoms with E-state index in [4.69, 9.17) is 22.7 Å². The molecule has 1 aromatic rings. The molecule has 0 radical (unpaired) electrons. The first-order valence-electron chi connectivity index (χ1n) is 6.92. The number of ether oxygens (including phenoxy) is 1. The average molecular weight is 309 g/mol. The Balaban J connectivity index is 2.57. The molecule has 4 N–H and O–H groups in total. The summed E-state index contributed by atoms with van der Waals surface area (Å²) in [4.78, 5) is 12.0. The third-order valence-electron chi connectivity index (χ3n) is 2.87. The first-order valence-corrected chi connectivity index (χ1v) is 7.33. The highest BCUT2D eigenvalue weighted by molar-refractivity contribution is 7.80. The molecule has 1 rings (SSSR count). The second kappa shape index (κ2) is 8.46. The van der Waals surface area contributed by atoms with Crippen LogP contribution < -0.4 is 21.1 Å². The highest BCUT2D eigenvalue weighted by Crippen LogP contribution is 2.22. The van der Waals surface area contributed by atoms with Gasteiger partial charge in [0.05, 0.1) is 7.11 Å². The number of nitrogens with one attached hydrogen (secondary N) is 2. The minimum atomic E-state index is 0.0240. The average Bonchev–Trinajstić information content (AvgIpc) is 2.44. The van der Waals surface area contributed by atoms with Gasteiger partial charge in [-0.2, -0.15) is 0 Å². The van der Waals surface area contributed by atoms with Gasteiger partial charge in [-0.15, -0.1) is 0 Å². The number of nitrogens with two attached hydrogens (primary N) is 1. The fraction of sp³-hybridized carbons (Fsp3) is 0.467. The lowest BCUT2D eigenvalue weighted by atomic mass is 10.1. The Bertz CT molecular complexity index is 504. The third-order valence-corrected chi connectivity index (χ3v) is 3.09. The molecule has 0 heterocycles. The number of rotatable bonds is 8. The van der Waals surface area contributed by atoms with E-state index < -0.39 is 0 Å². The van der Waals surface area contributed by atoms with Crippen molar-refractivity contribution in [2.45, 2.75) is 20.3 Å². The smallest absolute Gasteiger partial charge is 0.221 e. The molecular formula is C15H23N3O2S. The number of carbonyl (C=O) groups is 1. The van der Waals surface area contributed by atoms with E-state index in [-0.39, 0.29) is 5.91 Å². The zero-order valence-electron chi connectivity index (χ0n) is 12.7. The fourth-order valence-electron chi connectivity index (χ4n) is 1.73. The molecule has 5 nitrogen and oxygen atoms in total. The summed E-state index contributed by atoms with van der Waals surface area (Å²) in [6, 6.07) is 5.43. The van der Waals surface area contributed by atoms with E-state index in [1.165, 1.54) is 0 Å². The quantitative estimate of drug-likeness (QED) is 0.640. The van der Waals surface area contributed by atoms with E-state index in [1.807, 2.05) is 12.1 Å². The predicted molar refractivity (Wildman–Crippen MR) is 89.8 cm³/mol. The van der Waals surface area contributed by atoms with Crippen LogP contribution in [0.5, 0.6) is 5.75 Å². The molecular weight excluding hydrogens is 286 g/mol. The molecule has 0 aliphatic rings. The van der Waals surface area contributed by atoms with Crippen LogP contribution in [-0.4, -0.2) is 31.1 Å². The molecule has 0 saturated carbocycles. The largest absolute Gasteiger partial charge is 0.497 e. The topological polar surface area (TPSA) is 76.4 Å². The second-order valence-corrected chi connectivity index (χ2v) is 5.59. The maximum Gasteiger partial charge on any atom is 0.221 e. The van der Waals surface area contributed by atoms with Crippen LogP contribution in [0.3, 0.4) is 0 Å². The van der Waals surface area contributed by atoms with Crippen LogP contribution in [0.2, 0.25) is 0 Å². The standard InChI is InChI=1S/C15H23N3O2S/c1-10(2)9-18-14(19)6-7-17-13-8-11(20-3)4-5-12(13)15(16)21/h4-5,8,10,17H,6-7,9H2,1-3H3,(H2,16,21)(H,18,19). The summed E-state index contributed by atoms with van der Waals surface area (Å²) in [7, 11) is 1.60. The van der Waals surface area contributed by atoms with Crippen molar-refractivity contribution in [3.05, 3.63) is 23.8 Å². The number of anilines is 1. The third kappa shape index (κ3) is 5.99. The van der Waals surface area contributed by atoms with Gasteiger partial charge in [-0.3, -0.25) is 4.79 Å². The van der Waals surface area contributed by atoms with Gasteiger partial charge >= 0.3 is 0 Å². The molecule has 116 valence electrons. The summed E-state index contributed by atoms with van der Waals surface area (Å²) < 4.78 is 5.18. The van der Waals surface area contributed by atoms with E-state index in [2.05, 4.69) is 24.5 Å². The van der Waals surface area contributed by atoms with Crippen molar-refractivity contribution in [3.63, 3.8) is 0 Å². The molecule has 1 amide bonds. The lowest BCUT2D eigenvalue weighted by Gasteiger charge is -2.13. The molecule has 0 spiro atoms. The van der Waals surface area contributed by atoms with Crippen molar-refractivity contribution in [2.24, 2.45) is 11.7 Å². The number of hydrogen-bond donors (Lipinski definition) is 3. The van der Waals surface area contributed by atoms with E-state index >= 15 is 0 Å². The SMILES string of the molecule is COc1ccc(C(N)=S)c(NCCC(=O)NCC(C)C)c1. The Hall–Kier alpha value is -1.82. The van der Waals surface area contributed by atoms with Gasteiger partial charge in [-0.25, -0.2) is 0 Å². The second-order valence-electron chi connectivity index (χ2n) is 5.15. The minimum absolute atomic E-state index is 0.0240. The monoisotopic (exact) mass is 309 g/mol. The molecule has 21 heavy (non-hydrogen) atoms. The van der Waals surface area contributed by atoms with Crippen LogP contribution in [0.15, 0.2) is 18.2 Å². The van der Waals surface area contributed by atoms with Crippen molar-refractivity contribution in [3.8, 4) is 5.75 Å². The summed E-state index contributed by atoms with van der Waals surface area (Å²) in [6.45, 7) is 5.31. The highest BCUT2D eigenvalue weighted by atomic mass is 32.1. The Kier molecular flexibility index (Phi) is 6.94. The number of hydrogen-bond acceptors (Lipinski definition) is 4. The van der Waals surface area contributed by atoms with Crippen LogP contribution in [0.1, 0.15) is 25.8 Å². The number of thiocarbonyl (C=S) groups is 1. The Morgan fingerprint density at radius 1 is 1.43 bits per heavy atom. The minimum Gasteiger partial charge on any atom is -0.497 e. The van der Waals surface area contributed by atoms with Crippen molar-refractivity contribution < 1.29 is 9.53 Å². The molecule has 0 bridgehead atoms. The van der Waals surface area contributed by atoms with Crippen molar-refractivity contribution in [1.82, 2.24) is 5.32 Å². The summed E-state index contributed by atoms with van der Waals surface area (Å²) in [5, 5.41) is 6.05. The molecule has 6 heteroatoms. The normalized spacial score (nSPS) is 10.3. The lowest BCUT2D eigenvalue weighted by Crippen LogP contribution is -2.28. The van der Waals surface area contributed by atoms with Crippen molar-refractivity contribution >= 4 is 28.8 Å². The first kappa shape index (κ1) is 17.2. The molecule has 1 aromatic carbocycles. The molecule has 0 aliphatic heterocycles. The zero-order chi connectivity index (χ0) is 15.8. The van der Waals surface area contributed by atoms with Gasteiger partial charge in [0.25, 0.3) is 0 Å². The Morgan fingerprint density at radius 3 is 2.71 bits per heavy atom. The van der Waals surface area contributed by atoms with Crippen LogP contribution in [0.25, 0.3) is 0 Å². The van der Waals surface area contributed by atoms with Gasteiger partial charge in [0, 0.05) is 36.8 Å². The van der Waals surface area contributed by atoms with Crippen LogP contribution in [0.4, 0.5) is 5.69 Å². The number of amides is 1. The maximum atomic E-state index is 11.7. The van der Waals surface area contributed by atoms with E-state index in [0.717, 1.165) is 11.3 Å². The molecule has 0 unspecified atom stereocenters. The van der Waals surface area contributed by atoms with Gasteiger partial charge in [0.2, 0.25) is 5.91 Å². The Labute approximate surface area is 131 Å². The van der Waals surface area contributed by atoms with E-state index in [0.29, 0.717) is 36.2 Å². The van der Waals surface area contributed by atoms with Crippen LogP contribution in [0, 0.1) is 5.92 Å². The zero-order valence-corrected chi connectivity index (χ0v) is 13.5. The molecule has 0 atom stereocenters. The number of carbonyl (C=O) groups excluding carboxylic acids is 1. The molecule has 0 aromatic heterocycles. The molecule has 0 fully saturated rings. The van der Waals surface area contributed by atoms with Gasteiger partial charge in [0.15, 0.2) is 0 Å². The van der Waals surface area contributed by atoms with Crippen LogP contribution >= 0.6 is 12.2 Å². The van der Waals surface area contributed by atoms with Crippen molar-refractivity contribution in [2.75, 3.05) is 25.5 Å². The Morgan fingerprint density at radius 2 is 2.14 bits per heavy atom. The number of benzene rings is 1. The highest BCUT2D eigenvalue weighted by Gasteiger charge is 2.08. The van der Waals surface area contributed by atoms with Gasteiger partial charge in [0.1, 0.15) is 10.7 Å². The lowest BCUT2D eigenvalue weighted by molar-refractivity contribution is -0.120. The van der Waals surface area contributed by atoms with E-state index in [9.17, 15) is 4.79 Å².